The lowest BCUT2D eigenvalue weighted by Crippen LogP contribution is -2.56. The van der Waals surface area contributed by atoms with E-state index in [4.69, 9.17) is 4.74 Å². The van der Waals surface area contributed by atoms with Crippen molar-refractivity contribution in [2.45, 2.75) is 43.6 Å². The molecule has 2 atom stereocenters. The van der Waals surface area contributed by atoms with Gasteiger partial charge in [-0.05, 0) is 49.8 Å². The quantitative estimate of drug-likeness (QED) is 0.793. The maximum absolute atomic E-state index is 13.3. The molecule has 6 heteroatoms. The second-order valence-electron chi connectivity index (χ2n) is 8.18. The second-order valence-corrected chi connectivity index (χ2v) is 8.18. The summed E-state index contributed by atoms with van der Waals surface area (Å²) in [5.74, 6) is 1.16. The molecule has 1 aromatic rings. The molecule has 0 bridgehead atoms. The van der Waals surface area contributed by atoms with Crippen molar-refractivity contribution in [2.75, 3.05) is 26.8 Å². The molecule has 0 aromatic heterocycles. The number of methoxy groups -OCH3 is 1. The molecular formula is C21H28N2O4. The zero-order valence-corrected chi connectivity index (χ0v) is 15.8. The number of aliphatic hydroxyl groups excluding tert-OH is 1. The van der Waals surface area contributed by atoms with Crippen LogP contribution in [0.1, 0.15) is 37.7 Å². The van der Waals surface area contributed by atoms with Gasteiger partial charge < -0.3 is 20.1 Å². The number of hydrogen-bond donors (Lipinski definition) is 2. The van der Waals surface area contributed by atoms with E-state index in [2.05, 4.69) is 5.32 Å². The Bertz CT molecular complexity index is 709. The minimum atomic E-state index is -0.427. The van der Waals surface area contributed by atoms with Crippen molar-refractivity contribution in [3.05, 3.63) is 29.8 Å². The summed E-state index contributed by atoms with van der Waals surface area (Å²) in [6, 6.07) is 7.61. The van der Waals surface area contributed by atoms with Crippen LogP contribution in [0.2, 0.25) is 0 Å². The Morgan fingerprint density at radius 1 is 1.22 bits per heavy atom. The highest BCUT2D eigenvalue weighted by Gasteiger charge is 2.53. The maximum Gasteiger partial charge on any atom is 0.233 e. The fourth-order valence-corrected chi connectivity index (χ4v) is 4.18. The van der Waals surface area contributed by atoms with Gasteiger partial charge >= 0.3 is 0 Å². The van der Waals surface area contributed by atoms with Crippen LogP contribution in [-0.2, 0) is 15.0 Å². The van der Waals surface area contributed by atoms with Gasteiger partial charge in [-0.25, -0.2) is 0 Å². The SMILES string of the molecule is COc1ccc(C2(C(=O)N3CC[C@H](CO)[C@H](NC(=O)C4CC4)C3)CC2)cc1. The van der Waals surface area contributed by atoms with Crippen LogP contribution >= 0.6 is 0 Å². The molecule has 1 heterocycles. The first-order valence-corrected chi connectivity index (χ1v) is 9.92. The van der Waals surface area contributed by atoms with Crippen molar-refractivity contribution >= 4 is 11.8 Å². The van der Waals surface area contributed by atoms with E-state index >= 15 is 0 Å². The van der Waals surface area contributed by atoms with Crippen molar-refractivity contribution in [2.24, 2.45) is 11.8 Å². The standard InChI is InChI=1S/C21H28N2O4/c1-27-17-6-4-16(5-7-17)21(9-10-21)20(26)23-11-8-15(13-24)18(12-23)22-19(25)14-2-3-14/h4-7,14-15,18,24H,2-3,8-13H2,1H3,(H,22,25)/t15-,18-/m1/s1. The number of likely N-dealkylation sites (tertiary alicyclic amines) is 1. The van der Waals surface area contributed by atoms with Gasteiger partial charge in [0.2, 0.25) is 11.8 Å². The van der Waals surface area contributed by atoms with Crippen LogP contribution in [0.4, 0.5) is 0 Å². The minimum absolute atomic E-state index is 0.0212. The Morgan fingerprint density at radius 2 is 1.93 bits per heavy atom. The third-order valence-corrected chi connectivity index (χ3v) is 6.36. The lowest BCUT2D eigenvalue weighted by molar-refractivity contribution is -0.137. The molecule has 1 aromatic carbocycles. The number of nitrogens with one attached hydrogen (secondary N) is 1. The van der Waals surface area contributed by atoms with Crippen LogP contribution < -0.4 is 10.1 Å². The van der Waals surface area contributed by atoms with Gasteiger partial charge in [0.15, 0.2) is 0 Å². The summed E-state index contributed by atoms with van der Waals surface area (Å²) in [5.41, 5.74) is 0.611. The normalized spacial score (nSPS) is 26.4. The molecule has 4 rings (SSSR count). The van der Waals surface area contributed by atoms with E-state index in [0.29, 0.717) is 13.1 Å². The Morgan fingerprint density at radius 3 is 2.48 bits per heavy atom. The van der Waals surface area contributed by atoms with E-state index in [9.17, 15) is 14.7 Å². The number of carbonyl (C=O) groups is 2. The van der Waals surface area contributed by atoms with Crippen molar-refractivity contribution in [1.29, 1.82) is 0 Å². The lowest BCUT2D eigenvalue weighted by Gasteiger charge is -2.40. The molecule has 27 heavy (non-hydrogen) atoms. The van der Waals surface area contributed by atoms with Crippen LogP contribution in [0.25, 0.3) is 0 Å². The number of carbonyl (C=O) groups excluding carboxylic acids is 2. The second kappa shape index (κ2) is 7.15. The first-order chi connectivity index (χ1) is 13.1. The van der Waals surface area contributed by atoms with Crippen molar-refractivity contribution in [3.8, 4) is 5.75 Å². The topological polar surface area (TPSA) is 78.9 Å². The van der Waals surface area contributed by atoms with E-state index in [1.165, 1.54) is 0 Å². The molecule has 2 N–H and O–H groups in total. The average molecular weight is 372 g/mol. The fourth-order valence-electron chi connectivity index (χ4n) is 4.18. The number of aliphatic hydroxyl groups is 1. The summed E-state index contributed by atoms with van der Waals surface area (Å²) in [6.45, 7) is 1.17. The molecule has 1 aliphatic heterocycles. The number of nitrogens with zero attached hydrogens (tertiary/aromatic N) is 1. The molecule has 2 aliphatic carbocycles. The Balaban J connectivity index is 1.46. The summed E-state index contributed by atoms with van der Waals surface area (Å²) < 4.78 is 5.22. The van der Waals surface area contributed by atoms with Crippen LogP contribution in [0, 0.1) is 11.8 Å². The Labute approximate surface area is 159 Å². The lowest BCUT2D eigenvalue weighted by atomic mass is 9.89. The fraction of sp³-hybridized carbons (Fsp3) is 0.619. The molecule has 3 fully saturated rings. The van der Waals surface area contributed by atoms with Crippen LogP contribution in [-0.4, -0.2) is 54.7 Å². The number of hydrogen-bond acceptors (Lipinski definition) is 4. The van der Waals surface area contributed by atoms with Crippen LogP contribution in [0.5, 0.6) is 5.75 Å². The summed E-state index contributed by atoms with van der Waals surface area (Å²) in [6.07, 6.45) is 4.34. The number of rotatable bonds is 6. The van der Waals surface area contributed by atoms with Crippen LogP contribution in [0.3, 0.4) is 0 Å². The van der Waals surface area contributed by atoms with Gasteiger partial charge in [-0.15, -0.1) is 0 Å². The summed E-state index contributed by atoms with van der Waals surface area (Å²) in [7, 11) is 1.63. The van der Waals surface area contributed by atoms with Crippen molar-refractivity contribution < 1.29 is 19.4 Å². The monoisotopic (exact) mass is 372 g/mol. The molecular weight excluding hydrogens is 344 g/mol. The zero-order valence-electron chi connectivity index (χ0n) is 15.8. The molecule has 0 radical (unpaired) electrons. The summed E-state index contributed by atoms with van der Waals surface area (Å²) >= 11 is 0. The van der Waals surface area contributed by atoms with Gasteiger partial charge in [0.1, 0.15) is 5.75 Å². The molecule has 2 amide bonds. The van der Waals surface area contributed by atoms with E-state index in [1.54, 1.807) is 7.11 Å². The third kappa shape index (κ3) is 3.55. The molecule has 3 aliphatic rings. The molecule has 6 nitrogen and oxygen atoms in total. The average Bonchev–Trinajstić information content (AvgIpc) is 3.60. The highest BCUT2D eigenvalue weighted by Crippen LogP contribution is 2.50. The van der Waals surface area contributed by atoms with Gasteiger partial charge in [0.25, 0.3) is 0 Å². The molecule has 1 saturated heterocycles. The first kappa shape index (κ1) is 18.3. The van der Waals surface area contributed by atoms with Gasteiger partial charge in [-0.2, -0.15) is 0 Å². The highest BCUT2D eigenvalue weighted by atomic mass is 16.5. The Kier molecular flexibility index (Phi) is 4.84. The van der Waals surface area contributed by atoms with E-state index < -0.39 is 5.41 Å². The molecule has 0 unspecified atom stereocenters. The minimum Gasteiger partial charge on any atom is -0.497 e. The number of ether oxygens (including phenoxy) is 1. The predicted molar refractivity (Wildman–Crippen MR) is 100 cm³/mol. The van der Waals surface area contributed by atoms with Crippen LogP contribution in [0.15, 0.2) is 24.3 Å². The molecule has 146 valence electrons. The first-order valence-electron chi connectivity index (χ1n) is 9.92. The Hall–Kier alpha value is -2.08. The van der Waals surface area contributed by atoms with E-state index in [0.717, 1.165) is 43.4 Å². The van der Waals surface area contributed by atoms with Gasteiger partial charge in [-0.3, -0.25) is 9.59 Å². The predicted octanol–water partition coefficient (Wildman–Crippen LogP) is 1.46. The number of piperidine rings is 1. The van der Waals surface area contributed by atoms with Crippen molar-refractivity contribution in [3.63, 3.8) is 0 Å². The molecule has 0 spiro atoms. The largest absolute Gasteiger partial charge is 0.497 e. The molecule has 2 saturated carbocycles. The smallest absolute Gasteiger partial charge is 0.233 e. The van der Waals surface area contributed by atoms with Gasteiger partial charge in [-0.1, -0.05) is 12.1 Å². The van der Waals surface area contributed by atoms with Gasteiger partial charge in [0.05, 0.1) is 18.6 Å². The maximum atomic E-state index is 13.3. The van der Waals surface area contributed by atoms with Gasteiger partial charge in [0, 0.05) is 31.5 Å². The van der Waals surface area contributed by atoms with E-state index in [-0.39, 0.29) is 36.3 Å². The van der Waals surface area contributed by atoms with Crippen molar-refractivity contribution in [1.82, 2.24) is 10.2 Å². The highest BCUT2D eigenvalue weighted by molar-refractivity contribution is 5.91. The zero-order chi connectivity index (χ0) is 19.0. The third-order valence-electron chi connectivity index (χ3n) is 6.36. The summed E-state index contributed by atoms with van der Waals surface area (Å²) in [5, 5.41) is 12.8. The summed E-state index contributed by atoms with van der Waals surface area (Å²) in [4.78, 5) is 27.4. The number of benzene rings is 1. The number of amides is 2. The van der Waals surface area contributed by atoms with E-state index in [1.807, 2.05) is 29.2 Å².